The van der Waals surface area contributed by atoms with Crippen LogP contribution in [0.25, 0.3) is 11.1 Å². The van der Waals surface area contributed by atoms with Crippen molar-refractivity contribution in [3.63, 3.8) is 0 Å². The number of benzene rings is 1. The van der Waals surface area contributed by atoms with Crippen LogP contribution in [-0.2, 0) is 0 Å². The Balaban J connectivity index is 1.62. The third-order valence-corrected chi connectivity index (χ3v) is 6.32. The molecule has 3 aromatic rings. The zero-order valence-electron chi connectivity index (χ0n) is 19.1. The lowest BCUT2D eigenvalue weighted by atomic mass is 10.0. The number of aliphatic hydroxyl groups excluding tert-OH is 1. The number of anilines is 2. The van der Waals surface area contributed by atoms with E-state index in [0.29, 0.717) is 12.1 Å². The van der Waals surface area contributed by atoms with E-state index in [-0.39, 0.29) is 35.0 Å². The van der Waals surface area contributed by atoms with E-state index >= 15 is 0 Å². The number of hydrogen-bond donors (Lipinski definition) is 3. The summed E-state index contributed by atoms with van der Waals surface area (Å²) < 4.78 is 16.6. The molecule has 0 unspecified atom stereocenters. The van der Waals surface area contributed by atoms with Crippen LogP contribution in [0.5, 0.6) is 0 Å². The van der Waals surface area contributed by atoms with Crippen LogP contribution in [0.3, 0.4) is 0 Å². The second-order valence-electron chi connectivity index (χ2n) is 8.17. The van der Waals surface area contributed by atoms with E-state index in [2.05, 4.69) is 31.9 Å². The molecule has 1 aromatic carbocycles. The zero-order chi connectivity index (χ0) is 24.9. The lowest BCUT2D eigenvalue weighted by Crippen LogP contribution is -2.39. The van der Waals surface area contributed by atoms with Crippen molar-refractivity contribution in [3.8, 4) is 11.1 Å². The van der Waals surface area contributed by atoms with Crippen LogP contribution in [0.1, 0.15) is 24.4 Å². The van der Waals surface area contributed by atoms with Crippen LogP contribution in [0.15, 0.2) is 53.1 Å². The Hall–Kier alpha value is -3.38. The van der Waals surface area contributed by atoms with Gasteiger partial charge in [0.05, 0.1) is 35.1 Å². The van der Waals surface area contributed by atoms with Gasteiger partial charge in [-0.3, -0.25) is 9.69 Å². The van der Waals surface area contributed by atoms with Gasteiger partial charge in [0.1, 0.15) is 5.82 Å². The summed E-state index contributed by atoms with van der Waals surface area (Å²) in [5.74, 6) is 5.70. The summed E-state index contributed by atoms with van der Waals surface area (Å²) >= 11 is 5.92. The number of rotatable bonds is 7. The van der Waals surface area contributed by atoms with Crippen molar-refractivity contribution in [2.45, 2.75) is 18.9 Å². The summed E-state index contributed by atoms with van der Waals surface area (Å²) in [6.07, 6.45) is 7.24. The Bertz CT molecular complexity index is 1220. The Kier molecular flexibility index (Phi) is 7.71. The highest BCUT2D eigenvalue weighted by Crippen LogP contribution is 2.29. The molecule has 0 aliphatic carbocycles. The van der Waals surface area contributed by atoms with E-state index in [1.165, 1.54) is 12.1 Å². The fourth-order valence-corrected chi connectivity index (χ4v) is 4.31. The maximum absolute atomic E-state index is 14.6. The largest absolute Gasteiger partial charge is 0.395 e. The number of nitrogen functional groups attached to an aromatic ring is 1. The van der Waals surface area contributed by atoms with Crippen molar-refractivity contribution in [1.29, 1.82) is 0 Å². The second kappa shape index (κ2) is 10.9. The number of piperidine rings is 1. The summed E-state index contributed by atoms with van der Waals surface area (Å²) in [6, 6.07) is 6.47. The number of hydrazine groups is 1. The molecule has 0 atom stereocenters. The molecular weight excluding hydrogens is 473 g/mol. The van der Waals surface area contributed by atoms with Gasteiger partial charge >= 0.3 is 0 Å². The lowest BCUT2D eigenvalue weighted by Gasteiger charge is -2.31. The Labute approximate surface area is 207 Å². The molecule has 2 aromatic heterocycles. The molecule has 0 saturated carbocycles. The number of pyridine rings is 1. The monoisotopic (exact) mass is 499 g/mol. The molecule has 1 aliphatic rings. The predicted molar refractivity (Wildman–Crippen MR) is 136 cm³/mol. The van der Waals surface area contributed by atoms with Crippen LogP contribution >= 0.6 is 11.6 Å². The summed E-state index contributed by atoms with van der Waals surface area (Å²) in [7, 11) is 0. The molecule has 184 valence electrons. The van der Waals surface area contributed by atoms with Crippen molar-refractivity contribution >= 4 is 35.7 Å². The Morgan fingerprint density at radius 3 is 2.77 bits per heavy atom. The minimum atomic E-state index is -0.706. The third-order valence-electron chi connectivity index (χ3n) is 6.03. The number of nitrogens with zero attached hydrogens (tertiary/aromatic N) is 7. The van der Waals surface area contributed by atoms with E-state index in [9.17, 15) is 4.39 Å². The predicted octanol–water partition coefficient (Wildman–Crippen LogP) is 2.69. The topological polar surface area (TPSA) is 134 Å². The molecule has 1 fully saturated rings. The molecule has 0 spiro atoms. The molecular formula is C23H27ClFN9O. The van der Waals surface area contributed by atoms with Gasteiger partial charge in [0.15, 0.2) is 11.7 Å². The van der Waals surface area contributed by atoms with E-state index < -0.39 is 5.82 Å². The van der Waals surface area contributed by atoms with Crippen molar-refractivity contribution in [2.75, 3.05) is 37.0 Å². The van der Waals surface area contributed by atoms with E-state index in [1.54, 1.807) is 24.5 Å². The molecule has 0 radical (unpaired) electrons. The number of aliphatic hydroxyl groups is 1. The van der Waals surface area contributed by atoms with Gasteiger partial charge in [-0.25, -0.2) is 15.2 Å². The minimum Gasteiger partial charge on any atom is -0.395 e. The number of halogens is 2. The smallest absolute Gasteiger partial charge is 0.181 e. The van der Waals surface area contributed by atoms with Crippen LogP contribution in [0, 0.1) is 5.82 Å². The van der Waals surface area contributed by atoms with Crippen molar-refractivity contribution in [3.05, 3.63) is 59.3 Å². The first-order valence-corrected chi connectivity index (χ1v) is 11.5. The van der Waals surface area contributed by atoms with Gasteiger partial charge < -0.3 is 15.7 Å². The van der Waals surface area contributed by atoms with Gasteiger partial charge in [-0.1, -0.05) is 17.7 Å². The highest BCUT2D eigenvalue weighted by Gasteiger charge is 2.23. The molecule has 1 aliphatic heterocycles. The van der Waals surface area contributed by atoms with Gasteiger partial charge in [-0.15, -0.1) is 5.10 Å². The van der Waals surface area contributed by atoms with Crippen LogP contribution in [-0.4, -0.2) is 63.6 Å². The molecule has 1 saturated heterocycles. The van der Waals surface area contributed by atoms with Crippen LogP contribution < -0.4 is 16.6 Å². The molecule has 0 amide bonds. The number of likely N-dealkylation sites (tertiary alicyclic amines) is 1. The molecule has 0 bridgehead atoms. The fourth-order valence-electron chi connectivity index (χ4n) is 4.14. The summed E-state index contributed by atoms with van der Waals surface area (Å²) in [6.45, 7) is 6.07. The maximum atomic E-state index is 14.6. The van der Waals surface area contributed by atoms with Crippen molar-refractivity contribution < 1.29 is 9.50 Å². The third kappa shape index (κ3) is 5.33. The first-order valence-electron chi connectivity index (χ1n) is 11.1. The second-order valence-corrected chi connectivity index (χ2v) is 8.58. The molecule has 12 heteroatoms. The Morgan fingerprint density at radius 2 is 2.06 bits per heavy atom. The molecule has 10 nitrogen and oxygen atoms in total. The number of hydrogen-bond acceptors (Lipinski definition) is 8. The van der Waals surface area contributed by atoms with Crippen molar-refractivity contribution in [2.24, 2.45) is 16.0 Å². The van der Waals surface area contributed by atoms with Gasteiger partial charge in [-0.05, 0) is 31.0 Å². The zero-order valence-corrected chi connectivity index (χ0v) is 19.8. The average molecular weight is 500 g/mol. The van der Waals surface area contributed by atoms with Crippen LogP contribution in [0.4, 0.5) is 15.9 Å². The molecule has 35 heavy (non-hydrogen) atoms. The average Bonchev–Trinajstić information content (AvgIpc) is 3.35. The van der Waals surface area contributed by atoms with E-state index in [4.69, 9.17) is 28.3 Å². The quantitative estimate of drug-likeness (QED) is 0.197. The number of nitrogens with two attached hydrogens (primary N) is 2. The van der Waals surface area contributed by atoms with Gasteiger partial charge in [0, 0.05) is 49.9 Å². The molecule has 3 heterocycles. The summed E-state index contributed by atoms with van der Waals surface area (Å²) in [4.78, 5) is 6.54. The van der Waals surface area contributed by atoms with Gasteiger partial charge in [-0.2, -0.15) is 10.2 Å². The van der Waals surface area contributed by atoms with E-state index in [1.807, 2.05) is 10.9 Å². The first-order chi connectivity index (χ1) is 16.9. The molecule has 4 rings (SSSR count). The fraction of sp³-hybridized carbons (Fsp3) is 0.304. The van der Waals surface area contributed by atoms with Crippen molar-refractivity contribution in [1.82, 2.24) is 19.7 Å². The number of β-amino-alcohol motifs (C(OH)–C–C–N with tert-alkyl or cyclic N) is 1. The van der Waals surface area contributed by atoms with Gasteiger partial charge in [0.25, 0.3) is 0 Å². The summed E-state index contributed by atoms with van der Waals surface area (Å²) in [5, 5.41) is 22.2. The SMILES string of the molecule is C=N/N=C(/c1cc(-c2cnn(C3CCN(CCO)CC3)c2)cnc1N)N(N)c1cccc(Cl)c1F. The summed E-state index contributed by atoms with van der Waals surface area (Å²) in [5.41, 5.74) is 8.05. The van der Waals surface area contributed by atoms with Gasteiger partial charge in [0.2, 0.25) is 0 Å². The maximum Gasteiger partial charge on any atom is 0.181 e. The lowest BCUT2D eigenvalue weighted by molar-refractivity contribution is 0.146. The van der Waals surface area contributed by atoms with E-state index in [0.717, 1.165) is 42.1 Å². The first kappa shape index (κ1) is 24.7. The highest BCUT2D eigenvalue weighted by molar-refractivity contribution is 6.31. The highest BCUT2D eigenvalue weighted by atomic mass is 35.5. The standard InChI is InChI=1S/C23H27ClFN9O/c1-28-31-23(34(27)20-4-2-3-19(24)21(20)25)18-11-15(12-29-22(18)26)16-13-30-33(14-16)17-5-7-32(8-6-17)9-10-35/h2-4,11-14,17,35H,1,5-10,27H2,(H2,26,29)/b31-23-. The van der Waals surface area contributed by atoms with Crippen LogP contribution in [0.2, 0.25) is 5.02 Å². The number of aromatic nitrogens is 3. The minimum absolute atomic E-state index is 0.00920. The number of amidine groups is 1. The Morgan fingerprint density at radius 1 is 1.29 bits per heavy atom. The molecule has 5 N–H and O–H groups in total. The normalized spacial score (nSPS) is 15.4.